The summed E-state index contributed by atoms with van der Waals surface area (Å²) in [6.45, 7) is 5.01. The number of benzene rings is 1. The van der Waals surface area contributed by atoms with Gasteiger partial charge in [0.25, 0.3) is 0 Å². The van der Waals surface area contributed by atoms with Crippen molar-refractivity contribution in [2.24, 2.45) is 0 Å². The lowest BCUT2D eigenvalue weighted by atomic mass is 9.95. The highest BCUT2D eigenvalue weighted by atomic mass is 32.1. The number of esters is 1. The maximum absolute atomic E-state index is 13.5. The number of anilines is 2. The SMILES string of the molecule is COC(=O)c1nc(NC(=O)CNc2ccc3c(cc2=O)[C@H](NC(C)=O)CCc2cc(OC)c(OC)c(OC)c2-3)sc1C(C)C. The minimum Gasteiger partial charge on any atom is -0.493 e. The number of aryl methyl sites for hydroxylation is 1. The molecule has 1 aliphatic carbocycles. The lowest BCUT2D eigenvalue weighted by Gasteiger charge is -2.19. The van der Waals surface area contributed by atoms with Gasteiger partial charge in [0.15, 0.2) is 22.3 Å². The molecule has 234 valence electrons. The summed E-state index contributed by atoms with van der Waals surface area (Å²) in [7, 11) is 5.86. The van der Waals surface area contributed by atoms with Gasteiger partial charge in [-0.1, -0.05) is 19.9 Å². The summed E-state index contributed by atoms with van der Waals surface area (Å²) in [5.41, 5.74) is 2.85. The summed E-state index contributed by atoms with van der Waals surface area (Å²) < 4.78 is 21.8. The van der Waals surface area contributed by atoms with E-state index < -0.39 is 17.9 Å². The van der Waals surface area contributed by atoms with Crippen LogP contribution >= 0.6 is 11.3 Å². The molecule has 3 aromatic rings. The van der Waals surface area contributed by atoms with Gasteiger partial charge < -0.3 is 34.9 Å². The molecule has 12 nitrogen and oxygen atoms in total. The van der Waals surface area contributed by atoms with Crippen LogP contribution in [0.2, 0.25) is 0 Å². The quantitative estimate of drug-likeness (QED) is 0.279. The highest BCUT2D eigenvalue weighted by Crippen LogP contribution is 2.50. The molecule has 2 amide bonds. The van der Waals surface area contributed by atoms with Crippen LogP contribution in [0.3, 0.4) is 0 Å². The Labute approximate surface area is 259 Å². The van der Waals surface area contributed by atoms with E-state index in [4.69, 9.17) is 18.9 Å². The first-order chi connectivity index (χ1) is 21.0. The van der Waals surface area contributed by atoms with Crippen LogP contribution in [-0.4, -0.2) is 57.8 Å². The van der Waals surface area contributed by atoms with E-state index in [2.05, 4.69) is 20.9 Å². The Morgan fingerprint density at radius 2 is 1.77 bits per heavy atom. The molecule has 0 aliphatic heterocycles. The molecule has 0 saturated carbocycles. The van der Waals surface area contributed by atoms with Gasteiger partial charge in [-0.25, -0.2) is 9.78 Å². The third-order valence-electron chi connectivity index (χ3n) is 7.16. The minimum atomic E-state index is -0.581. The van der Waals surface area contributed by atoms with Crippen LogP contribution in [0.4, 0.5) is 10.8 Å². The number of amides is 2. The Morgan fingerprint density at radius 1 is 1.05 bits per heavy atom. The average Bonchev–Trinajstić information content (AvgIpc) is 3.28. The van der Waals surface area contributed by atoms with Gasteiger partial charge in [-0.3, -0.25) is 14.4 Å². The van der Waals surface area contributed by atoms with Crippen molar-refractivity contribution in [3.8, 4) is 28.4 Å². The van der Waals surface area contributed by atoms with E-state index in [1.807, 2.05) is 19.9 Å². The van der Waals surface area contributed by atoms with Crippen LogP contribution in [0.1, 0.15) is 65.6 Å². The van der Waals surface area contributed by atoms with Gasteiger partial charge in [0.2, 0.25) is 23.0 Å². The zero-order valence-electron chi connectivity index (χ0n) is 25.7. The van der Waals surface area contributed by atoms with Crippen molar-refractivity contribution in [3.63, 3.8) is 0 Å². The van der Waals surface area contributed by atoms with E-state index in [1.165, 1.54) is 45.7 Å². The molecule has 2 aromatic carbocycles. The van der Waals surface area contributed by atoms with Crippen molar-refractivity contribution in [1.82, 2.24) is 10.3 Å². The van der Waals surface area contributed by atoms with Gasteiger partial charge in [-0.05, 0) is 53.6 Å². The maximum Gasteiger partial charge on any atom is 0.357 e. The highest BCUT2D eigenvalue weighted by molar-refractivity contribution is 7.16. The largest absolute Gasteiger partial charge is 0.493 e. The maximum atomic E-state index is 13.5. The third kappa shape index (κ3) is 6.62. The lowest BCUT2D eigenvalue weighted by Crippen LogP contribution is -2.27. The average molecular weight is 625 g/mol. The fraction of sp³-hybridized carbons (Fsp3) is 0.387. The first-order valence-corrected chi connectivity index (χ1v) is 14.7. The fourth-order valence-corrected chi connectivity index (χ4v) is 6.18. The van der Waals surface area contributed by atoms with Gasteiger partial charge in [0, 0.05) is 17.4 Å². The number of nitrogens with one attached hydrogen (secondary N) is 3. The van der Waals surface area contributed by atoms with E-state index in [0.29, 0.717) is 46.1 Å². The standard InChI is InChI=1S/C31H36N4O8S/c1-15(2)29-26(30(39)43-7)35-31(44-29)34-24(38)14-32-21-11-9-18-19(13-22(21)37)20(33-16(3)36)10-8-17-12-23(40-4)27(41-5)28(42-6)25(17)18/h9,11-13,15,20H,8,10,14H2,1-7H3,(H,32,37)(H,33,36)(H,34,35,38)/t20-/m1/s1. The summed E-state index contributed by atoms with van der Waals surface area (Å²) in [5.74, 6) is 0.0655. The molecule has 0 fully saturated rings. The number of hydrogen-bond acceptors (Lipinski definition) is 11. The second kappa shape index (κ2) is 13.8. The predicted octanol–water partition coefficient (Wildman–Crippen LogP) is 4.28. The molecular weight excluding hydrogens is 588 g/mol. The molecule has 1 heterocycles. The van der Waals surface area contributed by atoms with Crippen molar-refractivity contribution in [3.05, 3.63) is 56.2 Å². The second-order valence-electron chi connectivity index (χ2n) is 10.4. The molecular formula is C31H36N4O8S. The molecule has 4 rings (SSSR count). The predicted molar refractivity (Wildman–Crippen MR) is 167 cm³/mol. The number of carbonyl (C=O) groups is 3. The van der Waals surface area contributed by atoms with Crippen LogP contribution in [-0.2, 0) is 20.7 Å². The van der Waals surface area contributed by atoms with Crippen molar-refractivity contribution in [2.75, 3.05) is 45.6 Å². The molecule has 1 aliphatic rings. The fourth-order valence-electron chi connectivity index (χ4n) is 5.21. The van der Waals surface area contributed by atoms with E-state index in [-0.39, 0.29) is 40.3 Å². The van der Waals surface area contributed by atoms with E-state index in [1.54, 1.807) is 19.2 Å². The molecule has 44 heavy (non-hydrogen) atoms. The molecule has 1 atom stereocenters. The number of rotatable bonds is 10. The zero-order chi connectivity index (χ0) is 32.1. The summed E-state index contributed by atoms with van der Waals surface area (Å²) in [5, 5.41) is 8.82. The Hall–Kier alpha value is -4.65. The number of ether oxygens (including phenoxy) is 4. The number of aromatic nitrogens is 1. The number of hydrogen-bond donors (Lipinski definition) is 3. The summed E-state index contributed by atoms with van der Waals surface area (Å²) in [4.78, 5) is 55.5. The van der Waals surface area contributed by atoms with Crippen LogP contribution in [0, 0.1) is 0 Å². The van der Waals surface area contributed by atoms with Gasteiger partial charge in [0.05, 0.1) is 46.7 Å². The molecule has 0 saturated heterocycles. The molecule has 0 unspecified atom stereocenters. The second-order valence-corrected chi connectivity index (χ2v) is 11.4. The summed E-state index contributed by atoms with van der Waals surface area (Å²) in [6, 6.07) is 6.25. The molecule has 0 radical (unpaired) electrons. The molecule has 13 heteroatoms. The van der Waals surface area contributed by atoms with Gasteiger partial charge in [-0.15, -0.1) is 11.3 Å². The van der Waals surface area contributed by atoms with Crippen LogP contribution in [0.15, 0.2) is 29.1 Å². The van der Waals surface area contributed by atoms with Gasteiger partial charge in [-0.2, -0.15) is 0 Å². The molecule has 3 N–H and O–H groups in total. The number of methoxy groups -OCH3 is 4. The van der Waals surface area contributed by atoms with Crippen molar-refractivity contribution >= 4 is 39.9 Å². The first kappa shape index (κ1) is 32.3. The van der Waals surface area contributed by atoms with E-state index in [9.17, 15) is 19.2 Å². The number of nitrogens with zero attached hydrogens (tertiary/aromatic N) is 1. The summed E-state index contributed by atoms with van der Waals surface area (Å²) >= 11 is 1.19. The Bertz CT molecular complexity index is 1650. The Morgan fingerprint density at radius 3 is 2.39 bits per heavy atom. The van der Waals surface area contributed by atoms with Gasteiger partial charge >= 0.3 is 5.97 Å². The van der Waals surface area contributed by atoms with Crippen molar-refractivity contribution < 1.29 is 33.3 Å². The molecule has 0 spiro atoms. The third-order valence-corrected chi connectivity index (χ3v) is 8.43. The van der Waals surface area contributed by atoms with Gasteiger partial charge in [0.1, 0.15) is 0 Å². The number of fused-ring (bicyclic) bond motifs is 3. The number of carbonyl (C=O) groups excluding carboxylic acids is 3. The lowest BCUT2D eigenvalue weighted by molar-refractivity contribution is -0.119. The molecule has 1 aromatic heterocycles. The van der Waals surface area contributed by atoms with Crippen molar-refractivity contribution in [2.45, 2.75) is 45.6 Å². The summed E-state index contributed by atoms with van der Waals surface area (Å²) in [6.07, 6.45) is 1.09. The van der Waals surface area contributed by atoms with Crippen molar-refractivity contribution in [1.29, 1.82) is 0 Å². The molecule has 0 bridgehead atoms. The minimum absolute atomic E-state index is 0.000854. The topological polar surface area (TPSA) is 154 Å². The number of thiazole rings is 1. The normalized spacial score (nSPS) is 13.6. The van der Waals surface area contributed by atoms with Crippen LogP contribution in [0.25, 0.3) is 11.1 Å². The van der Waals surface area contributed by atoms with Crippen LogP contribution in [0.5, 0.6) is 17.2 Å². The van der Waals surface area contributed by atoms with E-state index >= 15 is 0 Å². The monoisotopic (exact) mass is 624 g/mol. The Kier molecular flexibility index (Phi) is 10.1. The van der Waals surface area contributed by atoms with E-state index in [0.717, 1.165) is 11.1 Å². The smallest absolute Gasteiger partial charge is 0.357 e. The zero-order valence-corrected chi connectivity index (χ0v) is 26.5. The van der Waals surface area contributed by atoms with Crippen LogP contribution < -0.4 is 35.6 Å². The first-order valence-electron chi connectivity index (χ1n) is 13.9. The Balaban J connectivity index is 1.71. The highest BCUT2D eigenvalue weighted by Gasteiger charge is 2.29.